The second kappa shape index (κ2) is 11.6. The lowest BCUT2D eigenvalue weighted by Gasteiger charge is -2.28. The van der Waals surface area contributed by atoms with Gasteiger partial charge in [-0.05, 0) is 53.0 Å². The number of rotatable bonds is 7. The van der Waals surface area contributed by atoms with Crippen LogP contribution in [0.4, 0.5) is 5.69 Å². The van der Waals surface area contributed by atoms with Gasteiger partial charge in [-0.2, -0.15) is 4.02 Å². The lowest BCUT2D eigenvalue weighted by Crippen LogP contribution is -2.32. The number of carbonyl (C=O) groups excluding carboxylic acids is 2. The van der Waals surface area contributed by atoms with E-state index in [9.17, 15) is 14.7 Å². The first-order valence-electron chi connectivity index (χ1n) is 13.4. The number of anilines is 1. The minimum absolute atomic E-state index is 0.00607. The summed E-state index contributed by atoms with van der Waals surface area (Å²) in [5, 5.41) is 13.9. The van der Waals surface area contributed by atoms with E-state index in [4.69, 9.17) is 0 Å². The van der Waals surface area contributed by atoms with Gasteiger partial charge in [0.15, 0.2) is 5.78 Å². The normalized spacial score (nSPS) is 19.2. The molecule has 1 fully saturated rings. The summed E-state index contributed by atoms with van der Waals surface area (Å²) >= 11 is 3.36. The fourth-order valence-electron chi connectivity index (χ4n) is 5.37. The van der Waals surface area contributed by atoms with E-state index in [1.165, 1.54) is 6.92 Å². The van der Waals surface area contributed by atoms with Gasteiger partial charge in [-0.15, -0.1) is 0 Å². The second-order valence-corrected chi connectivity index (χ2v) is 12.9. The molecule has 1 amide bonds. The van der Waals surface area contributed by atoms with E-state index < -0.39 is 0 Å². The number of halogens is 1. The van der Waals surface area contributed by atoms with Crippen molar-refractivity contribution in [2.24, 2.45) is 9.94 Å². The van der Waals surface area contributed by atoms with Crippen molar-refractivity contribution in [3.05, 3.63) is 58.7 Å². The van der Waals surface area contributed by atoms with Crippen molar-refractivity contribution in [2.75, 3.05) is 18.4 Å². The van der Waals surface area contributed by atoms with Crippen molar-refractivity contribution in [1.82, 2.24) is 4.90 Å². The molecule has 0 spiro atoms. The molecule has 2 N–H and O–H groups in total. The van der Waals surface area contributed by atoms with Gasteiger partial charge in [0.2, 0.25) is 5.91 Å². The molecule has 0 aromatic heterocycles. The summed E-state index contributed by atoms with van der Waals surface area (Å²) in [5.41, 5.74) is 3.43. The Morgan fingerprint density at radius 2 is 1.61 bits per heavy atom. The fraction of sp³-hybridized carbons (Fsp3) is 0.516. The highest BCUT2D eigenvalue weighted by Gasteiger charge is 2.40. The van der Waals surface area contributed by atoms with Crippen molar-refractivity contribution >= 4 is 39.4 Å². The molecule has 206 valence electrons. The van der Waals surface area contributed by atoms with E-state index in [0.717, 1.165) is 47.6 Å². The first kappa shape index (κ1) is 29.9. The van der Waals surface area contributed by atoms with Crippen molar-refractivity contribution in [3.63, 3.8) is 0 Å². The molecule has 2 aromatic carbocycles. The molecule has 0 aliphatic carbocycles. The van der Waals surface area contributed by atoms with Gasteiger partial charge in [-0.1, -0.05) is 67.0 Å². The topological polar surface area (TPSA) is 82.0 Å². The maximum atomic E-state index is 13.8. The Morgan fingerprint density at radius 1 is 1.05 bits per heavy atom. The number of hydrogen-bond acceptors (Lipinski definition) is 4. The van der Waals surface area contributed by atoms with E-state index in [-0.39, 0.29) is 40.7 Å². The molecule has 3 rings (SSSR count). The maximum absolute atomic E-state index is 13.8. The molecule has 1 aliphatic rings. The third-order valence-corrected chi connectivity index (χ3v) is 7.61. The van der Waals surface area contributed by atoms with Crippen molar-refractivity contribution in [3.8, 4) is 5.75 Å². The van der Waals surface area contributed by atoms with Crippen LogP contribution in [0.2, 0.25) is 0 Å². The third kappa shape index (κ3) is 6.66. The molecule has 2 atom stereocenters. The van der Waals surface area contributed by atoms with Crippen LogP contribution in [-0.2, 0) is 15.6 Å². The number of benzene rings is 2. The highest BCUT2D eigenvalue weighted by molar-refractivity contribution is 9.08. The largest absolute Gasteiger partial charge is 0.507 e. The molecular weight excluding hydrogens is 542 g/mol. The lowest BCUT2D eigenvalue weighted by molar-refractivity contribution is -0.114. The average Bonchev–Trinajstić information content (AvgIpc) is 3.14. The SMILES string of the molecule is CCC[C@H]1CN(CC(=O)c2cc(C(C)(C)C)c(O)c(C(C)(C)C)c2)/C(=N\Br)[C@@H]1c1ccc(NC(C)=O)cc1. The van der Waals surface area contributed by atoms with Gasteiger partial charge < -0.3 is 15.3 Å². The third-order valence-electron chi connectivity index (χ3n) is 7.25. The first-order valence-corrected chi connectivity index (χ1v) is 14.1. The number of phenols is 1. The van der Waals surface area contributed by atoms with Crippen molar-refractivity contribution < 1.29 is 14.7 Å². The average molecular weight is 585 g/mol. The summed E-state index contributed by atoms with van der Waals surface area (Å²) in [4.78, 5) is 27.3. The summed E-state index contributed by atoms with van der Waals surface area (Å²) in [6, 6.07) is 11.6. The second-order valence-electron chi connectivity index (χ2n) is 12.5. The fourth-order valence-corrected chi connectivity index (χ4v) is 5.82. The summed E-state index contributed by atoms with van der Waals surface area (Å²) < 4.78 is 4.50. The van der Waals surface area contributed by atoms with Gasteiger partial charge in [0, 0.05) is 41.8 Å². The Morgan fingerprint density at radius 3 is 2.05 bits per heavy atom. The van der Waals surface area contributed by atoms with Crippen LogP contribution in [0.15, 0.2) is 40.4 Å². The number of amidine groups is 1. The molecule has 0 saturated carbocycles. The van der Waals surface area contributed by atoms with Crippen LogP contribution < -0.4 is 5.32 Å². The van der Waals surface area contributed by atoms with E-state index in [2.05, 4.69) is 78.8 Å². The smallest absolute Gasteiger partial charge is 0.221 e. The van der Waals surface area contributed by atoms with Crippen LogP contribution in [0, 0.1) is 5.92 Å². The summed E-state index contributed by atoms with van der Waals surface area (Å²) in [7, 11) is 0. The summed E-state index contributed by atoms with van der Waals surface area (Å²) in [6.45, 7) is 16.9. The van der Waals surface area contributed by atoms with Gasteiger partial charge in [0.1, 0.15) is 11.6 Å². The molecule has 2 aromatic rings. The minimum atomic E-state index is -0.308. The predicted molar refractivity (Wildman–Crippen MR) is 160 cm³/mol. The van der Waals surface area contributed by atoms with Crippen LogP contribution >= 0.6 is 16.1 Å². The van der Waals surface area contributed by atoms with E-state index in [0.29, 0.717) is 11.5 Å². The Labute approximate surface area is 236 Å². The van der Waals surface area contributed by atoms with Gasteiger partial charge in [0.25, 0.3) is 0 Å². The molecule has 1 heterocycles. The van der Waals surface area contributed by atoms with Crippen molar-refractivity contribution in [2.45, 2.75) is 85.0 Å². The number of aromatic hydroxyl groups is 1. The Kier molecular flexibility index (Phi) is 9.12. The van der Waals surface area contributed by atoms with Gasteiger partial charge in [0.05, 0.1) is 22.7 Å². The molecular formula is C31H42BrN3O3. The van der Waals surface area contributed by atoms with Crippen LogP contribution in [0.5, 0.6) is 5.75 Å². The maximum Gasteiger partial charge on any atom is 0.221 e. The molecule has 1 aliphatic heterocycles. The number of Topliss-reactive ketones (excluding diaryl/α,β-unsaturated/α-hetero) is 1. The number of amides is 1. The molecule has 1 saturated heterocycles. The molecule has 6 nitrogen and oxygen atoms in total. The molecule has 0 unspecified atom stereocenters. The monoisotopic (exact) mass is 583 g/mol. The zero-order valence-corrected chi connectivity index (χ0v) is 25.6. The van der Waals surface area contributed by atoms with Crippen molar-refractivity contribution in [1.29, 1.82) is 0 Å². The summed E-state index contributed by atoms with van der Waals surface area (Å²) in [5.74, 6) is 1.38. The number of likely N-dealkylation sites (tertiary alicyclic amines) is 1. The Balaban J connectivity index is 1.95. The predicted octanol–water partition coefficient (Wildman–Crippen LogP) is 7.35. The molecule has 0 bridgehead atoms. The highest BCUT2D eigenvalue weighted by Crippen LogP contribution is 2.41. The van der Waals surface area contributed by atoms with E-state index in [1.807, 2.05) is 36.4 Å². The molecule has 38 heavy (non-hydrogen) atoms. The van der Waals surface area contributed by atoms with Gasteiger partial charge in [-0.25, -0.2) is 0 Å². The standard InChI is InChI=1S/C31H42BrN3O3/c1-9-10-21-17-35(29(34-32)27(21)20-11-13-23(14-12-20)33-19(2)36)18-26(37)22-15-24(30(3,4)5)28(38)25(16-22)31(6,7)8/h11-16,21,27,38H,9-10,17-18H2,1-8H3,(H,33,36)/b34-29-/t21-,27+/m0/s1. The molecule has 7 heteroatoms. The van der Waals surface area contributed by atoms with Gasteiger partial charge >= 0.3 is 0 Å². The number of hydrogen-bond donors (Lipinski definition) is 2. The lowest BCUT2D eigenvalue weighted by atomic mass is 9.78. The molecule has 0 radical (unpaired) electrons. The minimum Gasteiger partial charge on any atom is -0.507 e. The Bertz CT molecular complexity index is 1170. The zero-order chi connectivity index (χ0) is 28.4. The van der Waals surface area contributed by atoms with Crippen LogP contribution in [0.3, 0.4) is 0 Å². The zero-order valence-electron chi connectivity index (χ0n) is 24.0. The van der Waals surface area contributed by atoms with Crippen LogP contribution in [0.25, 0.3) is 0 Å². The number of phenolic OH excluding ortho intramolecular Hbond substituents is 1. The van der Waals surface area contributed by atoms with Crippen LogP contribution in [-0.4, -0.2) is 40.6 Å². The number of nitrogens with zero attached hydrogens (tertiary/aromatic N) is 2. The number of ketones is 1. The first-order chi connectivity index (χ1) is 17.7. The van der Waals surface area contributed by atoms with Gasteiger partial charge in [-0.3, -0.25) is 9.59 Å². The van der Waals surface area contributed by atoms with Crippen LogP contribution in [0.1, 0.15) is 101 Å². The number of carbonyl (C=O) groups is 2. The quantitative estimate of drug-likeness (QED) is 0.334. The van der Waals surface area contributed by atoms with E-state index in [1.54, 1.807) is 0 Å². The highest BCUT2D eigenvalue weighted by atomic mass is 79.9. The van der Waals surface area contributed by atoms with E-state index >= 15 is 0 Å². The number of nitrogens with one attached hydrogen (secondary N) is 1. The summed E-state index contributed by atoms with van der Waals surface area (Å²) in [6.07, 6.45) is 2.04. The Hall–Kier alpha value is -2.67.